The molecule has 0 unspecified atom stereocenters. The number of carbonyl (C=O) groups excluding carboxylic acids is 1. The zero-order valence-corrected chi connectivity index (χ0v) is 12.1. The maximum atomic E-state index is 13.5. The molecule has 1 N–H and O–H groups in total. The molecule has 0 atom stereocenters. The lowest BCUT2D eigenvalue weighted by molar-refractivity contribution is -0.139. The van der Waals surface area contributed by atoms with Gasteiger partial charge in [-0.25, -0.2) is 4.39 Å². The van der Waals surface area contributed by atoms with Crippen molar-refractivity contribution < 1.29 is 22.4 Å². The van der Waals surface area contributed by atoms with E-state index in [0.717, 1.165) is 11.5 Å². The SMILES string of the molecule is O=C(Nc1ccc(C(F)(F)F)c(F)c1)c1ccc2cccnc2c1. The normalized spacial score (nSPS) is 11.5. The molecule has 2 aromatic carbocycles. The Hall–Kier alpha value is -2.96. The lowest BCUT2D eigenvalue weighted by atomic mass is 10.1. The van der Waals surface area contributed by atoms with Crippen LogP contribution in [0.25, 0.3) is 10.9 Å². The van der Waals surface area contributed by atoms with Crippen molar-refractivity contribution in [2.75, 3.05) is 5.32 Å². The second-order valence-electron chi connectivity index (χ2n) is 5.06. The van der Waals surface area contributed by atoms with Gasteiger partial charge in [-0.1, -0.05) is 12.1 Å². The molecule has 0 bridgehead atoms. The molecular weight excluding hydrogens is 324 g/mol. The van der Waals surface area contributed by atoms with Crippen LogP contribution in [0, 0.1) is 5.82 Å². The van der Waals surface area contributed by atoms with E-state index in [-0.39, 0.29) is 11.3 Å². The number of pyridine rings is 1. The monoisotopic (exact) mass is 334 g/mol. The van der Waals surface area contributed by atoms with Gasteiger partial charge in [0, 0.05) is 22.8 Å². The van der Waals surface area contributed by atoms with E-state index in [9.17, 15) is 22.4 Å². The van der Waals surface area contributed by atoms with Crippen molar-refractivity contribution in [3.05, 3.63) is 71.7 Å². The first-order valence-corrected chi connectivity index (χ1v) is 6.87. The van der Waals surface area contributed by atoms with Gasteiger partial charge in [-0.05, 0) is 36.4 Å². The molecule has 0 spiro atoms. The summed E-state index contributed by atoms with van der Waals surface area (Å²) in [6.07, 6.45) is -3.20. The molecule has 0 aliphatic heterocycles. The molecule has 0 aliphatic rings. The fourth-order valence-electron chi connectivity index (χ4n) is 2.23. The minimum absolute atomic E-state index is 0.0633. The van der Waals surface area contributed by atoms with E-state index in [1.54, 1.807) is 30.5 Å². The lowest BCUT2D eigenvalue weighted by Crippen LogP contribution is -2.13. The summed E-state index contributed by atoms with van der Waals surface area (Å²) in [6.45, 7) is 0. The molecule has 3 nitrogen and oxygen atoms in total. The van der Waals surface area contributed by atoms with Crippen molar-refractivity contribution in [3.8, 4) is 0 Å². The zero-order chi connectivity index (χ0) is 17.3. The van der Waals surface area contributed by atoms with E-state index in [4.69, 9.17) is 0 Å². The number of halogens is 4. The van der Waals surface area contributed by atoms with Crippen LogP contribution in [0.1, 0.15) is 15.9 Å². The van der Waals surface area contributed by atoms with Crippen LogP contribution in [-0.4, -0.2) is 10.9 Å². The van der Waals surface area contributed by atoms with Gasteiger partial charge in [0.15, 0.2) is 0 Å². The van der Waals surface area contributed by atoms with Crippen molar-refractivity contribution in [3.63, 3.8) is 0 Å². The molecule has 0 saturated heterocycles. The minimum Gasteiger partial charge on any atom is -0.322 e. The molecule has 0 aliphatic carbocycles. The number of hydrogen-bond acceptors (Lipinski definition) is 2. The first-order valence-electron chi connectivity index (χ1n) is 6.87. The number of benzene rings is 2. The molecule has 3 rings (SSSR count). The Morgan fingerprint density at radius 2 is 1.83 bits per heavy atom. The molecule has 1 amide bonds. The highest BCUT2D eigenvalue weighted by Gasteiger charge is 2.33. The average Bonchev–Trinajstić information content (AvgIpc) is 2.53. The molecule has 0 saturated carbocycles. The summed E-state index contributed by atoms with van der Waals surface area (Å²) >= 11 is 0. The van der Waals surface area contributed by atoms with Crippen molar-refractivity contribution in [1.82, 2.24) is 4.98 Å². The van der Waals surface area contributed by atoms with Crippen LogP contribution in [0.3, 0.4) is 0 Å². The number of hydrogen-bond donors (Lipinski definition) is 1. The Kier molecular flexibility index (Phi) is 3.92. The predicted molar refractivity (Wildman–Crippen MR) is 81.1 cm³/mol. The predicted octanol–water partition coefficient (Wildman–Crippen LogP) is 4.65. The summed E-state index contributed by atoms with van der Waals surface area (Å²) in [5.41, 5.74) is -0.577. The molecule has 1 heterocycles. The van der Waals surface area contributed by atoms with Crippen LogP contribution < -0.4 is 5.32 Å². The zero-order valence-electron chi connectivity index (χ0n) is 12.1. The number of carbonyl (C=O) groups is 1. The van der Waals surface area contributed by atoms with Crippen molar-refractivity contribution in [2.24, 2.45) is 0 Å². The summed E-state index contributed by atoms with van der Waals surface area (Å²) in [5.74, 6) is -2.01. The summed E-state index contributed by atoms with van der Waals surface area (Å²) < 4.78 is 51.1. The second-order valence-corrected chi connectivity index (χ2v) is 5.06. The average molecular weight is 334 g/mol. The third-order valence-electron chi connectivity index (χ3n) is 3.40. The highest BCUT2D eigenvalue weighted by Crippen LogP contribution is 2.32. The van der Waals surface area contributed by atoms with Gasteiger partial charge in [0.2, 0.25) is 0 Å². The van der Waals surface area contributed by atoms with Gasteiger partial charge in [-0.3, -0.25) is 9.78 Å². The number of amides is 1. The molecular formula is C17H10F4N2O. The Labute approximate surface area is 133 Å². The number of nitrogens with one attached hydrogen (secondary N) is 1. The fourth-order valence-corrected chi connectivity index (χ4v) is 2.23. The number of alkyl halides is 3. The Morgan fingerprint density at radius 1 is 1.04 bits per heavy atom. The largest absolute Gasteiger partial charge is 0.419 e. The molecule has 122 valence electrons. The topological polar surface area (TPSA) is 42.0 Å². The maximum absolute atomic E-state index is 13.5. The standard InChI is InChI=1S/C17H10F4N2O/c18-14-9-12(5-6-13(14)17(19,20)21)23-16(24)11-4-3-10-2-1-7-22-15(10)8-11/h1-9H,(H,23,24). The van der Waals surface area contributed by atoms with E-state index in [1.165, 1.54) is 0 Å². The van der Waals surface area contributed by atoms with E-state index >= 15 is 0 Å². The van der Waals surface area contributed by atoms with Gasteiger partial charge in [0.25, 0.3) is 5.91 Å². The summed E-state index contributed by atoms with van der Waals surface area (Å²) in [7, 11) is 0. The lowest BCUT2D eigenvalue weighted by Gasteiger charge is -2.10. The Bertz CT molecular complexity index is 922. The Morgan fingerprint density at radius 3 is 2.54 bits per heavy atom. The van der Waals surface area contributed by atoms with Gasteiger partial charge in [-0.15, -0.1) is 0 Å². The van der Waals surface area contributed by atoms with Gasteiger partial charge in [0.05, 0.1) is 11.1 Å². The molecule has 3 aromatic rings. The molecule has 0 radical (unpaired) electrons. The first kappa shape index (κ1) is 15.9. The molecule has 24 heavy (non-hydrogen) atoms. The van der Waals surface area contributed by atoms with E-state index in [0.29, 0.717) is 17.6 Å². The second kappa shape index (κ2) is 5.92. The quantitative estimate of drug-likeness (QED) is 0.694. The number of nitrogens with zero attached hydrogens (tertiary/aromatic N) is 1. The summed E-state index contributed by atoms with van der Waals surface area (Å²) in [5, 5.41) is 3.21. The number of fused-ring (bicyclic) bond motifs is 1. The van der Waals surface area contributed by atoms with Gasteiger partial charge in [-0.2, -0.15) is 13.2 Å². The maximum Gasteiger partial charge on any atom is 0.419 e. The molecule has 0 fully saturated rings. The molecule has 7 heteroatoms. The van der Waals surface area contributed by atoms with Crippen molar-refractivity contribution >= 4 is 22.5 Å². The van der Waals surface area contributed by atoms with Crippen molar-refractivity contribution in [2.45, 2.75) is 6.18 Å². The third-order valence-corrected chi connectivity index (χ3v) is 3.40. The van der Waals surface area contributed by atoms with E-state index in [1.807, 2.05) is 6.07 Å². The van der Waals surface area contributed by atoms with Crippen LogP contribution in [0.4, 0.5) is 23.2 Å². The smallest absolute Gasteiger partial charge is 0.322 e. The van der Waals surface area contributed by atoms with Crippen LogP contribution in [0.15, 0.2) is 54.7 Å². The van der Waals surface area contributed by atoms with Crippen LogP contribution in [0.5, 0.6) is 0 Å². The van der Waals surface area contributed by atoms with E-state index in [2.05, 4.69) is 10.3 Å². The highest BCUT2D eigenvalue weighted by atomic mass is 19.4. The number of rotatable bonds is 2. The van der Waals surface area contributed by atoms with Gasteiger partial charge in [0.1, 0.15) is 5.82 Å². The highest BCUT2D eigenvalue weighted by molar-refractivity contribution is 6.06. The van der Waals surface area contributed by atoms with E-state index < -0.39 is 23.5 Å². The summed E-state index contributed by atoms with van der Waals surface area (Å²) in [4.78, 5) is 16.3. The van der Waals surface area contributed by atoms with Gasteiger partial charge >= 0.3 is 6.18 Å². The fraction of sp³-hybridized carbons (Fsp3) is 0.0588. The number of anilines is 1. The minimum atomic E-state index is -4.78. The van der Waals surface area contributed by atoms with Crippen LogP contribution in [-0.2, 0) is 6.18 Å². The third kappa shape index (κ3) is 3.19. The first-order chi connectivity index (χ1) is 11.3. The Balaban J connectivity index is 1.84. The molecule has 1 aromatic heterocycles. The number of aromatic nitrogens is 1. The van der Waals surface area contributed by atoms with Crippen LogP contribution in [0.2, 0.25) is 0 Å². The van der Waals surface area contributed by atoms with Crippen molar-refractivity contribution in [1.29, 1.82) is 0 Å². The van der Waals surface area contributed by atoms with Gasteiger partial charge < -0.3 is 5.32 Å². The summed E-state index contributed by atoms with van der Waals surface area (Å²) in [6, 6.07) is 10.6. The van der Waals surface area contributed by atoms with Crippen LogP contribution >= 0.6 is 0 Å².